The minimum Gasteiger partial charge on any atom is -0.497 e. The van der Waals surface area contributed by atoms with E-state index in [9.17, 15) is 4.79 Å². The van der Waals surface area contributed by atoms with Gasteiger partial charge in [-0.05, 0) is 36.8 Å². The van der Waals surface area contributed by atoms with Crippen LogP contribution < -0.4 is 15.4 Å². The summed E-state index contributed by atoms with van der Waals surface area (Å²) in [7, 11) is 5.61. The molecule has 154 valence electrons. The van der Waals surface area contributed by atoms with E-state index < -0.39 is 0 Å². The molecule has 0 atom stereocenters. The lowest BCUT2D eigenvalue weighted by Crippen LogP contribution is -2.39. The van der Waals surface area contributed by atoms with Gasteiger partial charge in [-0.15, -0.1) is 24.0 Å². The fraction of sp³-hybridized carbons (Fsp3) is 0.400. The second-order valence-electron chi connectivity index (χ2n) is 6.26. The molecular formula is C20H30IN5O2. The minimum atomic E-state index is -0.117. The van der Waals surface area contributed by atoms with Crippen LogP contribution in [0.15, 0.2) is 47.6 Å². The van der Waals surface area contributed by atoms with Gasteiger partial charge < -0.3 is 24.8 Å². The van der Waals surface area contributed by atoms with Crippen molar-refractivity contribution in [2.45, 2.75) is 20.0 Å². The fourth-order valence-corrected chi connectivity index (χ4v) is 2.59. The number of aromatic nitrogens is 1. The Morgan fingerprint density at radius 2 is 1.93 bits per heavy atom. The number of carbonyl (C=O) groups is 1. The van der Waals surface area contributed by atoms with Gasteiger partial charge in [0.05, 0.1) is 13.7 Å². The summed E-state index contributed by atoms with van der Waals surface area (Å²) in [4.78, 5) is 18.6. The van der Waals surface area contributed by atoms with Gasteiger partial charge in [-0.1, -0.05) is 12.1 Å². The number of aryl methyl sites for hydroxylation is 1. The number of aliphatic imine (C=N–C) groups is 1. The molecule has 7 nitrogen and oxygen atoms in total. The number of hydrogen-bond acceptors (Lipinski definition) is 3. The van der Waals surface area contributed by atoms with Crippen molar-refractivity contribution in [2.75, 3.05) is 27.2 Å². The molecule has 8 heteroatoms. The number of hydrogen-bond donors (Lipinski definition) is 2. The SMILES string of the molecule is CCNC(=NCC(=O)NCc1ccc(OC)cc1)N(C)Cc1cccn1C.I. The van der Waals surface area contributed by atoms with Crippen molar-refractivity contribution in [3.05, 3.63) is 53.9 Å². The van der Waals surface area contributed by atoms with Crippen LogP contribution >= 0.6 is 24.0 Å². The molecule has 0 unspecified atom stereocenters. The standard InChI is InChI=1S/C20H29N5O2.HI/c1-5-21-20(25(3)15-17-7-6-12-24(17)2)23-14-19(26)22-13-16-8-10-18(27-4)11-9-16;/h6-12H,5,13-15H2,1-4H3,(H,21,23)(H,22,26);1H. The smallest absolute Gasteiger partial charge is 0.242 e. The average molecular weight is 499 g/mol. The lowest BCUT2D eigenvalue weighted by Gasteiger charge is -2.22. The lowest BCUT2D eigenvalue weighted by atomic mass is 10.2. The molecule has 0 saturated heterocycles. The Balaban J connectivity index is 0.00000392. The Kier molecular flexibility index (Phi) is 10.4. The van der Waals surface area contributed by atoms with Gasteiger partial charge in [-0.25, -0.2) is 4.99 Å². The molecule has 0 aliphatic heterocycles. The van der Waals surface area contributed by atoms with Crippen LogP contribution in [0.1, 0.15) is 18.2 Å². The molecule has 0 spiro atoms. The summed E-state index contributed by atoms with van der Waals surface area (Å²) in [5, 5.41) is 6.12. The van der Waals surface area contributed by atoms with E-state index in [0.717, 1.165) is 17.9 Å². The van der Waals surface area contributed by atoms with E-state index in [2.05, 4.69) is 26.3 Å². The first-order valence-corrected chi connectivity index (χ1v) is 9.02. The molecule has 0 aliphatic rings. The molecular weight excluding hydrogens is 469 g/mol. The van der Waals surface area contributed by atoms with E-state index in [1.165, 1.54) is 5.69 Å². The topological polar surface area (TPSA) is 70.9 Å². The molecule has 1 aromatic carbocycles. The minimum absolute atomic E-state index is 0. The molecule has 1 aromatic heterocycles. The molecule has 2 aromatic rings. The molecule has 0 saturated carbocycles. The van der Waals surface area contributed by atoms with E-state index in [4.69, 9.17) is 4.74 Å². The molecule has 2 rings (SSSR count). The summed E-state index contributed by atoms with van der Waals surface area (Å²) in [5.74, 6) is 1.39. The highest BCUT2D eigenvalue weighted by atomic mass is 127. The highest BCUT2D eigenvalue weighted by Gasteiger charge is 2.09. The van der Waals surface area contributed by atoms with Crippen molar-refractivity contribution in [3.63, 3.8) is 0 Å². The fourth-order valence-electron chi connectivity index (χ4n) is 2.59. The van der Waals surface area contributed by atoms with Crippen LogP contribution in [-0.2, 0) is 24.9 Å². The van der Waals surface area contributed by atoms with Gasteiger partial charge in [-0.2, -0.15) is 0 Å². The Morgan fingerprint density at radius 3 is 2.50 bits per heavy atom. The predicted octanol–water partition coefficient (Wildman–Crippen LogP) is 2.37. The maximum atomic E-state index is 12.1. The van der Waals surface area contributed by atoms with Gasteiger partial charge in [-0.3, -0.25) is 4.79 Å². The first kappa shape index (κ1) is 23.8. The number of amides is 1. The van der Waals surface area contributed by atoms with Crippen LogP contribution in [0.5, 0.6) is 5.75 Å². The average Bonchev–Trinajstić information content (AvgIpc) is 3.08. The Morgan fingerprint density at radius 1 is 1.21 bits per heavy atom. The molecule has 0 radical (unpaired) electrons. The molecule has 28 heavy (non-hydrogen) atoms. The van der Waals surface area contributed by atoms with Crippen molar-refractivity contribution in [1.82, 2.24) is 20.1 Å². The van der Waals surface area contributed by atoms with Gasteiger partial charge >= 0.3 is 0 Å². The van der Waals surface area contributed by atoms with Crippen LogP contribution in [0, 0.1) is 0 Å². The summed E-state index contributed by atoms with van der Waals surface area (Å²) in [6, 6.07) is 11.7. The first-order valence-electron chi connectivity index (χ1n) is 9.02. The van der Waals surface area contributed by atoms with E-state index in [1.807, 2.05) is 62.4 Å². The van der Waals surface area contributed by atoms with Crippen LogP contribution in [0.25, 0.3) is 0 Å². The lowest BCUT2D eigenvalue weighted by molar-refractivity contribution is -0.119. The number of methoxy groups -OCH3 is 1. The van der Waals surface area contributed by atoms with Crippen LogP contribution in [-0.4, -0.2) is 48.6 Å². The summed E-state index contributed by atoms with van der Waals surface area (Å²) in [6.07, 6.45) is 2.01. The third kappa shape index (κ3) is 7.41. The van der Waals surface area contributed by atoms with Crippen molar-refractivity contribution < 1.29 is 9.53 Å². The molecule has 0 fully saturated rings. The number of ether oxygens (including phenoxy) is 1. The molecule has 0 aliphatic carbocycles. The Labute approximate surface area is 184 Å². The Bertz CT molecular complexity index is 758. The monoisotopic (exact) mass is 499 g/mol. The van der Waals surface area contributed by atoms with Gasteiger partial charge in [0.1, 0.15) is 12.3 Å². The highest BCUT2D eigenvalue weighted by molar-refractivity contribution is 14.0. The summed E-state index contributed by atoms with van der Waals surface area (Å²) >= 11 is 0. The third-order valence-electron chi connectivity index (χ3n) is 4.17. The number of carbonyl (C=O) groups excluding carboxylic acids is 1. The normalized spacial score (nSPS) is 10.8. The zero-order valence-electron chi connectivity index (χ0n) is 16.9. The first-order chi connectivity index (χ1) is 13.0. The van der Waals surface area contributed by atoms with E-state index in [0.29, 0.717) is 19.0 Å². The maximum absolute atomic E-state index is 12.1. The quantitative estimate of drug-likeness (QED) is 0.333. The second-order valence-corrected chi connectivity index (χ2v) is 6.26. The largest absolute Gasteiger partial charge is 0.497 e. The van der Waals surface area contributed by atoms with Crippen LogP contribution in [0.4, 0.5) is 0 Å². The van der Waals surface area contributed by atoms with E-state index >= 15 is 0 Å². The molecule has 0 bridgehead atoms. The predicted molar refractivity (Wildman–Crippen MR) is 123 cm³/mol. The number of benzene rings is 1. The molecule has 2 N–H and O–H groups in total. The molecule has 1 heterocycles. The van der Waals surface area contributed by atoms with E-state index in [-0.39, 0.29) is 36.4 Å². The number of nitrogens with zero attached hydrogens (tertiary/aromatic N) is 3. The number of nitrogens with one attached hydrogen (secondary N) is 2. The van der Waals surface area contributed by atoms with Gasteiger partial charge in [0.2, 0.25) is 5.91 Å². The number of halogens is 1. The van der Waals surface area contributed by atoms with Crippen molar-refractivity contribution >= 4 is 35.8 Å². The summed E-state index contributed by atoms with van der Waals surface area (Å²) in [5.41, 5.74) is 2.19. The third-order valence-corrected chi connectivity index (χ3v) is 4.17. The second kappa shape index (κ2) is 12.3. The zero-order chi connectivity index (χ0) is 19.6. The van der Waals surface area contributed by atoms with Crippen molar-refractivity contribution in [1.29, 1.82) is 0 Å². The Hall–Kier alpha value is -2.23. The van der Waals surface area contributed by atoms with Gasteiger partial charge in [0.25, 0.3) is 0 Å². The van der Waals surface area contributed by atoms with Gasteiger partial charge in [0, 0.05) is 39.1 Å². The number of guanidine groups is 1. The van der Waals surface area contributed by atoms with Crippen molar-refractivity contribution in [3.8, 4) is 5.75 Å². The zero-order valence-corrected chi connectivity index (χ0v) is 19.3. The molecule has 1 amide bonds. The summed E-state index contributed by atoms with van der Waals surface area (Å²) < 4.78 is 7.20. The maximum Gasteiger partial charge on any atom is 0.242 e. The number of rotatable bonds is 8. The van der Waals surface area contributed by atoms with E-state index in [1.54, 1.807) is 7.11 Å². The highest BCUT2D eigenvalue weighted by Crippen LogP contribution is 2.10. The van der Waals surface area contributed by atoms with Crippen molar-refractivity contribution in [2.24, 2.45) is 12.0 Å². The van der Waals surface area contributed by atoms with Crippen LogP contribution in [0.3, 0.4) is 0 Å². The van der Waals surface area contributed by atoms with Gasteiger partial charge in [0.15, 0.2) is 5.96 Å². The summed E-state index contributed by atoms with van der Waals surface area (Å²) in [6.45, 7) is 4.01. The van der Waals surface area contributed by atoms with Crippen LogP contribution in [0.2, 0.25) is 0 Å².